The topological polar surface area (TPSA) is 42.7 Å². The van der Waals surface area contributed by atoms with Gasteiger partial charge in [0.25, 0.3) is 0 Å². The molecule has 1 aromatic rings. The molecule has 0 radical (unpaired) electrons. The molecule has 2 atom stereocenters. The Kier molecular flexibility index (Phi) is 3.93. The molecule has 16 heavy (non-hydrogen) atoms. The van der Waals surface area contributed by atoms with Gasteiger partial charge in [0.1, 0.15) is 12.2 Å². The number of aromatic nitrogens is 3. The largest absolute Gasteiger partial charge is 0.313 e. The molecule has 1 aromatic heterocycles. The van der Waals surface area contributed by atoms with Crippen LogP contribution in [0.4, 0.5) is 0 Å². The van der Waals surface area contributed by atoms with E-state index in [9.17, 15) is 0 Å². The monoisotopic (exact) mass is 222 g/mol. The maximum absolute atomic E-state index is 4.23. The zero-order chi connectivity index (χ0) is 11.4. The quantitative estimate of drug-likeness (QED) is 0.840. The summed E-state index contributed by atoms with van der Waals surface area (Å²) in [5.41, 5.74) is 0. The SMILES string of the molecule is CC1CCCCC1NCCc1ncnn1C. The predicted octanol–water partition coefficient (Wildman–Crippen LogP) is 1.53. The predicted molar refractivity (Wildman–Crippen MR) is 64.1 cm³/mol. The molecule has 90 valence electrons. The standard InChI is InChI=1S/C12H22N4/c1-10-5-3-4-6-11(10)13-8-7-12-14-9-15-16(12)2/h9-11,13H,3-8H2,1-2H3. The lowest BCUT2D eigenvalue weighted by atomic mass is 9.86. The van der Waals surface area contributed by atoms with E-state index < -0.39 is 0 Å². The van der Waals surface area contributed by atoms with Crippen LogP contribution < -0.4 is 5.32 Å². The summed E-state index contributed by atoms with van der Waals surface area (Å²) >= 11 is 0. The van der Waals surface area contributed by atoms with Crippen molar-refractivity contribution in [3.05, 3.63) is 12.2 Å². The third kappa shape index (κ3) is 2.82. The highest BCUT2D eigenvalue weighted by Gasteiger charge is 2.20. The molecule has 1 aliphatic carbocycles. The van der Waals surface area contributed by atoms with Crippen LogP contribution in [0.5, 0.6) is 0 Å². The third-order valence-electron chi connectivity index (χ3n) is 3.67. The van der Waals surface area contributed by atoms with Crippen LogP contribution in [0.2, 0.25) is 0 Å². The summed E-state index contributed by atoms with van der Waals surface area (Å²) < 4.78 is 1.85. The van der Waals surface area contributed by atoms with Crippen LogP contribution in [0, 0.1) is 5.92 Å². The Morgan fingerprint density at radius 3 is 2.94 bits per heavy atom. The van der Waals surface area contributed by atoms with Crippen LogP contribution in [0.1, 0.15) is 38.4 Å². The van der Waals surface area contributed by atoms with Gasteiger partial charge in [-0.3, -0.25) is 4.68 Å². The Bertz CT molecular complexity index is 321. The first-order chi connectivity index (χ1) is 7.77. The summed E-state index contributed by atoms with van der Waals surface area (Å²) in [6, 6.07) is 0.710. The number of hydrogen-bond acceptors (Lipinski definition) is 3. The van der Waals surface area contributed by atoms with Crippen LogP contribution in [0.15, 0.2) is 6.33 Å². The first kappa shape index (κ1) is 11.6. The molecule has 0 aromatic carbocycles. The number of hydrogen-bond donors (Lipinski definition) is 1. The summed E-state index contributed by atoms with van der Waals surface area (Å²) in [6.45, 7) is 3.38. The maximum Gasteiger partial charge on any atom is 0.138 e. The van der Waals surface area contributed by atoms with Gasteiger partial charge in [-0.15, -0.1) is 0 Å². The van der Waals surface area contributed by atoms with Gasteiger partial charge in [-0.1, -0.05) is 19.8 Å². The molecule has 1 saturated carbocycles. The van der Waals surface area contributed by atoms with Gasteiger partial charge >= 0.3 is 0 Å². The summed E-state index contributed by atoms with van der Waals surface area (Å²) in [7, 11) is 1.95. The molecule has 2 rings (SSSR count). The Balaban J connectivity index is 1.73. The van der Waals surface area contributed by atoms with E-state index in [0.29, 0.717) is 6.04 Å². The van der Waals surface area contributed by atoms with Gasteiger partial charge in [-0.05, 0) is 18.8 Å². The zero-order valence-electron chi connectivity index (χ0n) is 10.3. The summed E-state index contributed by atoms with van der Waals surface area (Å²) in [5, 5.41) is 7.73. The van der Waals surface area contributed by atoms with Gasteiger partial charge in [0.05, 0.1) is 0 Å². The van der Waals surface area contributed by atoms with Gasteiger partial charge in [0.15, 0.2) is 0 Å². The molecule has 0 bridgehead atoms. The fraction of sp³-hybridized carbons (Fsp3) is 0.833. The molecule has 1 fully saturated rings. The van der Waals surface area contributed by atoms with Crippen LogP contribution in [-0.4, -0.2) is 27.4 Å². The molecule has 4 heteroatoms. The molecule has 1 aliphatic rings. The summed E-state index contributed by atoms with van der Waals surface area (Å²) in [6.07, 6.45) is 8.09. The molecule has 2 unspecified atom stereocenters. The van der Waals surface area contributed by atoms with E-state index in [1.165, 1.54) is 25.7 Å². The summed E-state index contributed by atoms with van der Waals surface area (Å²) in [4.78, 5) is 4.23. The minimum Gasteiger partial charge on any atom is -0.313 e. The van der Waals surface area contributed by atoms with Crippen LogP contribution in [0.3, 0.4) is 0 Å². The second-order valence-corrected chi connectivity index (χ2v) is 4.87. The van der Waals surface area contributed by atoms with Crippen molar-refractivity contribution in [2.75, 3.05) is 6.54 Å². The Morgan fingerprint density at radius 1 is 1.44 bits per heavy atom. The van der Waals surface area contributed by atoms with Crippen LogP contribution in [0.25, 0.3) is 0 Å². The number of nitrogens with one attached hydrogen (secondary N) is 1. The molecule has 0 aliphatic heterocycles. The van der Waals surface area contributed by atoms with Gasteiger partial charge in [-0.2, -0.15) is 5.10 Å². The fourth-order valence-electron chi connectivity index (χ4n) is 2.54. The van der Waals surface area contributed by atoms with E-state index in [-0.39, 0.29) is 0 Å². The first-order valence-electron chi connectivity index (χ1n) is 6.33. The maximum atomic E-state index is 4.23. The minimum atomic E-state index is 0.710. The average molecular weight is 222 g/mol. The Hall–Kier alpha value is -0.900. The number of nitrogens with zero attached hydrogens (tertiary/aromatic N) is 3. The lowest BCUT2D eigenvalue weighted by Gasteiger charge is -2.29. The van der Waals surface area contributed by atoms with Crippen LogP contribution >= 0.6 is 0 Å². The van der Waals surface area contributed by atoms with Crippen LogP contribution in [-0.2, 0) is 13.5 Å². The van der Waals surface area contributed by atoms with Crippen molar-refractivity contribution in [3.63, 3.8) is 0 Å². The molecule has 0 saturated heterocycles. The van der Waals surface area contributed by atoms with E-state index in [0.717, 1.165) is 24.7 Å². The number of rotatable bonds is 4. The molecular weight excluding hydrogens is 200 g/mol. The highest BCUT2D eigenvalue weighted by atomic mass is 15.3. The van der Waals surface area contributed by atoms with Gasteiger partial charge < -0.3 is 5.32 Å². The van der Waals surface area contributed by atoms with E-state index >= 15 is 0 Å². The Labute approximate surface area is 97.5 Å². The van der Waals surface area contributed by atoms with Crippen molar-refractivity contribution >= 4 is 0 Å². The van der Waals surface area contributed by atoms with E-state index in [1.54, 1.807) is 6.33 Å². The normalized spacial score (nSPS) is 25.9. The van der Waals surface area contributed by atoms with Gasteiger partial charge in [0, 0.05) is 26.1 Å². The Morgan fingerprint density at radius 2 is 2.25 bits per heavy atom. The van der Waals surface area contributed by atoms with Crippen molar-refractivity contribution in [1.29, 1.82) is 0 Å². The second kappa shape index (κ2) is 5.43. The smallest absolute Gasteiger partial charge is 0.138 e. The van der Waals surface area contributed by atoms with E-state index in [1.807, 2.05) is 11.7 Å². The van der Waals surface area contributed by atoms with Gasteiger partial charge in [-0.25, -0.2) is 4.98 Å². The molecule has 1 heterocycles. The summed E-state index contributed by atoms with van der Waals surface area (Å²) in [5.74, 6) is 1.89. The molecule has 0 spiro atoms. The molecular formula is C12H22N4. The van der Waals surface area contributed by atoms with E-state index in [2.05, 4.69) is 22.3 Å². The van der Waals surface area contributed by atoms with Crippen molar-refractivity contribution in [2.45, 2.75) is 45.1 Å². The molecule has 0 amide bonds. The first-order valence-corrected chi connectivity index (χ1v) is 6.33. The molecule has 4 nitrogen and oxygen atoms in total. The third-order valence-corrected chi connectivity index (χ3v) is 3.67. The minimum absolute atomic E-state index is 0.710. The van der Waals surface area contributed by atoms with Crippen molar-refractivity contribution in [1.82, 2.24) is 20.1 Å². The van der Waals surface area contributed by atoms with Gasteiger partial charge in [0.2, 0.25) is 0 Å². The fourth-order valence-corrected chi connectivity index (χ4v) is 2.54. The van der Waals surface area contributed by atoms with Crippen molar-refractivity contribution < 1.29 is 0 Å². The zero-order valence-corrected chi connectivity index (χ0v) is 10.3. The van der Waals surface area contributed by atoms with Crippen molar-refractivity contribution in [3.8, 4) is 0 Å². The average Bonchev–Trinajstić information content (AvgIpc) is 2.67. The molecule has 1 N–H and O–H groups in total. The highest BCUT2D eigenvalue weighted by molar-refractivity contribution is 4.86. The number of aryl methyl sites for hydroxylation is 1. The second-order valence-electron chi connectivity index (χ2n) is 4.87. The van der Waals surface area contributed by atoms with Crippen molar-refractivity contribution in [2.24, 2.45) is 13.0 Å². The van der Waals surface area contributed by atoms with E-state index in [4.69, 9.17) is 0 Å². The lowest BCUT2D eigenvalue weighted by molar-refractivity contribution is 0.281. The lowest BCUT2D eigenvalue weighted by Crippen LogP contribution is -2.38. The highest BCUT2D eigenvalue weighted by Crippen LogP contribution is 2.23.